The molecule has 0 atom stereocenters. The van der Waals surface area contributed by atoms with Crippen LogP contribution in [0.25, 0.3) is 108 Å². The van der Waals surface area contributed by atoms with E-state index in [1.807, 2.05) is 11.3 Å². The average Bonchev–Trinajstić information content (AvgIpc) is 3.55. The molecule has 1 aliphatic carbocycles. The van der Waals surface area contributed by atoms with E-state index in [0.29, 0.717) is 0 Å². The van der Waals surface area contributed by atoms with Gasteiger partial charge in [-0.25, -0.2) is 0 Å². The molecule has 1 heterocycles. The molecule has 49 heavy (non-hydrogen) atoms. The number of benzene rings is 9. The van der Waals surface area contributed by atoms with Crippen molar-refractivity contribution in [2.45, 2.75) is 0 Å². The Morgan fingerprint density at radius 1 is 0.224 bits per heavy atom. The van der Waals surface area contributed by atoms with Crippen LogP contribution in [0.5, 0.6) is 0 Å². The van der Waals surface area contributed by atoms with Gasteiger partial charge in [0.1, 0.15) is 0 Å². The molecule has 0 N–H and O–H groups in total. The summed E-state index contributed by atoms with van der Waals surface area (Å²) in [6.07, 6.45) is 0. The summed E-state index contributed by atoms with van der Waals surface area (Å²) >= 11 is 1.87. The molecule has 0 saturated heterocycles. The van der Waals surface area contributed by atoms with Crippen molar-refractivity contribution in [3.8, 4) is 55.6 Å². The van der Waals surface area contributed by atoms with Gasteiger partial charge in [0.15, 0.2) is 0 Å². The summed E-state index contributed by atoms with van der Waals surface area (Å²) in [7, 11) is 0. The van der Waals surface area contributed by atoms with Crippen molar-refractivity contribution < 1.29 is 0 Å². The molecule has 0 aliphatic heterocycles. The zero-order chi connectivity index (χ0) is 32.1. The maximum atomic E-state index is 2.49. The summed E-state index contributed by atoms with van der Waals surface area (Å²) in [6, 6.07) is 63.6. The SMILES string of the molecule is c1ccc2c(c1)-c1ccccc1-c1cc3c4ccccc4c4ccccc4c3cc1-c1cc(-c3ccc4sc5ccccc5c4c3)ccc1-2. The van der Waals surface area contributed by atoms with Gasteiger partial charge in [-0.05, 0) is 124 Å². The van der Waals surface area contributed by atoms with Crippen LogP contribution in [0.15, 0.2) is 170 Å². The van der Waals surface area contributed by atoms with E-state index >= 15 is 0 Å². The van der Waals surface area contributed by atoms with Crippen molar-refractivity contribution in [3.05, 3.63) is 170 Å². The highest BCUT2D eigenvalue weighted by Crippen LogP contribution is 2.51. The van der Waals surface area contributed by atoms with E-state index in [1.165, 1.54) is 108 Å². The van der Waals surface area contributed by atoms with Crippen LogP contribution in [0.4, 0.5) is 0 Å². The predicted octanol–water partition coefficient (Wildman–Crippen LogP) is 14.2. The van der Waals surface area contributed by atoms with E-state index in [2.05, 4.69) is 170 Å². The fourth-order valence-corrected chi connectivity index (χ4v) is 9.48. The molecule has 0 spiro atoms. The van der Waals surface area contributed by atoms with Gasteiger partial charge in [0.05, 0.1) is 0 Å². The Bertz CT molecular complexity index is 2990. The first-order valence-corrected chi connectivity index (χ1v) is 17.7. The number of hydrogen-bond acceptors (Lipinski definition) is 1. The first-order valence-electron chi connectivity index (χ1n) is 16.9. The van der Waals surface area contributed by atoms with Crippen LogP contribution < -0.4 is 0 Å². The summed E-state index contributed by atoms with van der Waals surface area (Å²) in [4.78, 5) is 0. The number of hydrogen-bond donors (Lipinski definition) is 0. The molecule has 0 amide bonds. The Labute approximate surface area is 288 Å². The lowest BCUT2D eigenvalue weighted by molar-refractivity contribution is 1.53. The van der Waals surface area contributed by atoms with E-state index in [-0.39, 0.29) is 0 Å². The number of rotatable bonds is 1. The zero-order valence-corrected chi connectivity index (χ0v) is 27.4. The maximum absolute atomic E-state index is 2.49. The van der Waals surface area contributed by atoms with Gasteiger partial charge >= 0.3 is 0 Å². The third-order valence-electron chi connectivity index (χ3n) is 10.6. The van der Waals surface area contributed by atoms with Crippen LogP contribution in [0, 0.1) is 0 Å². The van der Waals surface area contributed by atoms with E-state index < -0.39 is 0 Å². The van der Waals surface area contributed by atoms with Crippen molar-refractivity contribution in [2.75, 3.05) is 0 Å². The molecule has 0 nitrogen and oxygen atoms in total. The molecule has 0 saturated carbocycles. The zero-order valence-electron chi connectivity index (χ0n) is 26.6. The maximum Gasteiger partial charge on any atom is 0.0355 e. The molecule has 0 fully saturated rings. The van der Waals surface area contributed by atoms with E-state index in [4.69, 9.17) is 0 Å². The Balaban J connectivity index is 1.27. The van der Waals surface area contributed by atoms with Crippen LogP contribution in [-0.2, 0) is 0 Å². The second kappa shape index (κ2) is 10.2. The highest BCUT2D eigenvalue weighted by molar-refractivity contribution is 7.25. The van der Waals surface area contributed by atoms with Gasteiger partial charge in [0, 0.05) is 20.2 Å². The smallest absolute Gasteiger partial charge is 0.0355 e. The Morgan fingerprint density at radius 2 is 0.612 bits per heavy atom. The molecule has 1 aromatic heterocycles. The van der Waals surface area contributed by atoms with Crippen LogP contribution in [0.3, 0.4) is 0 Å². The second-order valence-corrected chi connectivity index (χ2v) is 14.3. The van der Waals surface area contributed by atoms with Crippen LogP contribution in [0.2, 0.25) is 0 Å². The lowest BCUT2D eigenvalue weighted by Crippen LogP contribution is -1.98. The predicted molar refractivity (Wildman–Crippen MR) is 213 cm³/mol. The quantitative estimate of drug-likeness (QED) is 0.157. The molecule has 11 rings (SSSR count). The summed E-state index contributed by atoms with van der Waals surface area (Å²) in [5, 5.41) is 10.4. The molecule has 226 valence electrons. The first kappa shape index (κ1) is 27.0. The number of fused-ring (bicyclic) bond motifs is 17. The van der Waals surface area contributed by atoms with Gasteiger partial charge < -0.3 is 0 Å². The Hall–Kier alpha value is -6.02. The van der Waals surface area contributed by atoms with Crippen LogP contribution in [-0.4, -0.2) is 0 Å². The highest BCUT2D eigenvalue weighted by Gasteiger charge is 2.24. The van der Waals surface area contributed by atoms with Crippen molar-refractivity contribution in [1.29, 1.82) is 0 Å². The van der Waals surface area contributed by atoms with Crippen molar-refractivity contribution in [3.63, 3.8) is 0 Å². The Morgan fingerprint density at radius 3 is 1.22 bits per heavy atom. The van der Waals surface area contributed by atoms with E-state index in [1.54, 1.807) is 0 Å². The van der Waals surface area contributed by atoms with Crippen LogP contribution in [0.1, 0.15) is 0 Å². The first-order chi connectivity index (χ1) is 24.3. The summed E-state index contributed by atoms with van der Waals surface area (Å²) in [5.41, 5.74) is 12.6. The largest absolute Gasteiger partial charge is 0.135 e. The standard InChI is InChI=1S/C48H28S/c1-2-15-35-31(11-1)32-12-3-8-18-38(32)44-27-42-36-16-6-4-13-33(36)34-14-5-7-17-37(34)43(42)28-45(44)41-25-29(21-23-39(35)41)30-22-24-48-46(26-30)40-19-9-10-20-47(40)49-48/h1-28H. The topological polar surface area (TPSA) is 0 Å². The van der Waals surface area contributed by atoms with Gasteiger partial charge in [0.2, 0.25) is 0 Å². The summed E-state index contributed by atoms with van der Waals surface area (Å²) in [5.74, 6) is 0. The fraction of sp³-hybridized carbons (Fsp3) is 0. The summed E-state index contributed by atoms with van der Waals surface area (Å²) in [6.45, 7) is 0. The second-order valence-electron chi connectivity index (χ2n) is 13.2. The molecule has 1 aliphatic rings. The van der Waals surface area contributed by atoms with Gasteiger partial charge in [-0.2, -0.15) is 0 Å². The highest BCUT2D eigenvalue weighted by atomic mass is 32.1. The molecular formula is C48H28S. The lowest BCUT2D eigenvalue weighted by atomic mass is 9.78. The molecule has 0 bridgehead atoms. The van der Waals surface area contributed by atoms with Crippen molar-refractivity contribution in [1.82, 2.24) is 0 Å². The van der Waals surface area contributed by atoms with Crippen molar-refractivity contribution in [2.24, 2.45) is 0 Å². The Kier molecular flexibility index (Phi) is 5.64. The molecular weight excluding hydrogens is 609 g/mol. The molecule has 0 radical (unpaired) electrons. The third-order valence-corrected chi connectivity index (χ3v) is 11.8. The minimum Gasteiger partial charge on any atom is -0.135 e. The van der Waals surface area contributed by atoms with E-state index in [0.717, 1.165) is 0 Å². The monoisotopic (exact) mass is 636 g/mol. The third kappa shape index (κ3) is 3.91. The molecule has 0 unspecified atom stereocenters. The van der Waals surface area contributed by atoms with Crippen molar-refractivity contribution >= 4 is 63.8 Å². The fourth-order valence-electron chi connectivity index (χ4n) is 8.39. The minimum atomic E-state index is 1.23. The molecule has 9 aromatic carbocycles. The van der Waals surface area contributed by atoms with Gasteiger partial charge in [0.25, 0.3) is 0 Å². The lowest BCUT2D eigenvalue weighted by Gasteiger charge is -2.25. The van der Waals surface area contributed by atoms with Gasteiger partial charge in [-0.15, -0.1) is 11.3 Å². The van der Waals surface area contributed by atoms with Gasteiger partial charge in [-0.1, -0.05) is 133 Å². The molecule has 10 aromatic rings. The normalized spacial score (nSPS) is 12.1. The summed E-state index contributed by atoms with van der Waals surface area (Å²) < 4.78 is 2.67. The van der Waals surface area contributed by atoms with Crippen LogP contribution >= 0.6 is 11.3 Å². The minimum absolute atomic E-state index is 1.23. The van der Waals surface area contributed by atoms with E-state index in [9.17, 15) is 0 Å². The molecule has 1 heteroatoms. The van der Waals surface area contributed by atoms with Gasteiger partial charge in [-0.3, -0.25) is 0 Å². The average molecular weight is 637 g/mol. The number of thiophene rings is 1.